The second kappa shape index (κ2) is 22.1. The zero-order valence-corrected chi connectivity index (χ0v) is 39.9. The number of aromatic hydroxyl groups is 3. The Kier molecular flexibility index (Phi) is 16.7. The number of Topliss-reactive ketones (excluding diaryl/α,β-unsaturated/α-hetero) is 1. The van der Waals surface area contributed by atoms with Crippen molar-refractivity contribution < 1.29 is 64.0 Å². The highest BCUT2D eigenvalue weighted by Gasteiger charge is 2.50. The van der Waals surface area contributed by atoms with Crippen LogP contribution in [0.2, 0.25) is 0 Å². The van der Waals surface area contributed by atoms with Crippen LogP contribution >= 0.6 is 12.4 Å². The van der Waals surface area contributed by atoms with E-state index in [1.807, 2.05) is 44.4 Å². The van der Waals surface area contributed by atoms with E-state index in [9.17, 15) is 45.0 Å². The molecular weight excluding hydrogens is 908 g/mol. The highest BCUT2D eigenvalue weighted by molar-refractivity contribution is 6.31. The second-order valence-corrected chi connectivity index (χ2v) is 17.5. The predicted octanol–water partition coefficient (Wildman–Crippen LogP) is 6.12. The smallest absolute Gasteiger partial charge is 0.202 e. The summed E-state index contributed by atoms with van der Waals surface area (Å²) in [7, 11) is 5.39. The van der Waals surface area contributed by atoms with E-state index < -0.39 is 95.7 Å². The third-order valence-electron chi connectivity index (χ3n) is 12.7. The number of hydrogen-bond acceptors (Lipinski definition) is 15. The van der Waals surface area contributed by atoms with Crippen molar-refractivity contribution in [3.8, 4) is 28.7 Å². The first kappa shape index (κ1) is 52.2. The van der Waals surface area contributed by atoms with E-state index in [1.165, 1.54) is 36.4 Å². The molecule has 8 N–H and O–H groups in total. The van der Waals surface area contributed by atoms with Crippen molar-refractivity contribution in [1.82, 2.24) is 4.90 Å². The molecule has 0 saturated carbocycles. The first-order valence-corrected chi connectivity index (χ1v) is 22.5. The van der Waals surface area contributed by atoms with Gasteiger partial charge in [0.15, 0.2) is 17.9 Å². The van der Waals surface area contributed by atoms with Crippen LogP contribution in [0.15, 0.2) is 97.1 Å². The molecule has 0 bridgehead atoms. The van der Waals surface area contributed by atoms with E-state index in [-0.39, 0.29) is 52.6 Å². The average molecular weight is 968 g/mol. The topological polar surface area (TPSA) is 239 Å². The minimum absolute atomic E-state index is 0. The van der Waals surface area contributed by atoms with Crippen molar-refractivity contribution in [2.24, 2.45) is 5.73 Å². The first-order chi connectivity index (χ1) is 32.5. The number of carbonyl (C=O) groups excluding carboxylic acids is 3. The number of fused-ring (bicyclic) bond motifs is 3. The number of benzene rings is 5. The summed E-state index contributed by atoms with van der Waals surface area (Å²) >= 11 is 0. The molecule has 8 rings (SSSR count). The molecule has 15 nitrogen and oxygen atoms in total. The SMILES string of the molecule is CC/C(=C(/c1ccc(OCCN(C)C)cc1)c1cccc(O)c1)c1ccccc1.COc1cccc2c1C(=O)c1c(O)c3c(c(O)c1C2=O)C[C@@](O)(C(=O)CO)C[C@@H]3OC1CC(N)C(O)C(C)O1.Cl. The number of aliphatic hydroxyl groups excluding tert-OH is 2. The molecular formula is C53H59ClN2O13. The molecule has 0 aromatic heterocycles. The molecule has 2 aliphatic carbocycles. The quantitative estimate of drug-likeness (QED) is 0.0510. The zero-order valence-electron chi connectivity index (χ0n) is 39.0. The van der Waals surface area contributed by atoms with Gasteiger partial charge in [0.1, 0.15) is 47.6 Å². The fraction of sp³-hybridized carbons (Fsp3) is 0.340. The summed E-state index contributed by atoms with van der Waals surface area (Å²) in [5.41, 5.74) is 8.06. The maximum Gasteiger partial charge on any atom is 0.202 e. The Bertz CT molecular complexity index is 2700. The lowest BCUT2D eigenvalue weighted by atomic mass is 9.72. The summed E-state index contributed by atoms with van der Waals surface area (Å²) in [6.45, 7) is 4.27. The minimum atomic E-state index is -2.24. The maximum absolute atomic E-state index is 13.6. The van der Waals surface area contributed by atoms with Gasteiger partial charge in [-0.25, -0.2) is 0 Å². The van der Waals surface area contributed by atoms with E-state index in [0.29, 0.717) is 6.61 Å². The van der Waals surface area contributed by atoms with E-state index in [4.69, 9.17) is 24.7 Å². The van der Waals surface area contributed by atoms with Crippen molar-refractivity contribution in [3.63, 3.8) is 0 Å². The van der Waals surface area contributed by atoms with E-state index in [2.05, 4.69) is 54.3 Å². The van der Waals surface area contributed by atoms with Crippen LogP contribution in [-0.4, -0.2) is 124 Å². The third kappa shape index (κ3) is 10.7. The van der Waals surface area contributed by atoms with Crippen LogP contribution in [-0.2, 0) is 20.7 Å². The number of nitrogens with zero attached hydrogens (tertiary/aromatic N) is 1. The number of phenols is 3. The molecule has 3 aliphatic rings. The first-order valence-electron chi connectivity index (χ1n) is 22.5. The van der Waals surface area contributed by atoms with Gasteiger partial charge in [0.2, 0.25) is 5.78 Å². The van der Waals surface area contributed by atoms with Crippen molar-refractivity contribution in [3.05, 3.63) is 147 Å². The number of likely N-dealkylation sites (N-methyl/N-ethyl adjacent to an activating group) is 1. The summed E-state index contributed by atoms with van der Waals surface area (Å²) in [6.07, 6.45) is -4.24. The van der Waals surface area contributed by atoms with Gasteiger partial charge in [-0.3, -0.25) is 14.4 Å². The summed E-state index contributed by atoms with van der Waals surface area (Å²) < 4.78 is 22.8. The highest BCUT2D eigenvalue weighted by atomic mass is 35.5. The number of methoxy groups -OCH3 is 1. The number of ether oxygens (including phenoxy) is 4. The molecule has 0 radical (unpaired) electrons. The van der Waals surface area contributed by atoms with Gasteiger partial charge in [0.05, 0.1) is 42.1 Å². The number of rotatable bonds is 13. The van der Waals surface area contributed by atoms with Crippen molar-refractivity contribution in [2.45, 2.75) is 75.8 Å². The van der Waals surface area contributed by atoms with E-state index in [0.717, 1.165) is 35.4 Å². The Labute approximate surface area is 406 Å². The largest absolute Gasteiger partial charge is 0.508 e. The number of ketones is 3. The number of phenolic OH excluding ortho intramolecular Hbond substituents is 3. The number of nitrogens with two attached hydrogens (primary N) is 1. The standard InChI is InChI=1S/C27H29NO11.C26H29NO2.ClH/c1-10-22(31)13(28)6-17(38-10)39-15-8-27(36,16(30)9-29)7-12-19(15)26(35)21-20(24(12)33)23(32)11-4-3-5-14(37-2)18(11)25(21)34;1-4-25(20-9-6-5-7-10-20)26(22-11-8-12-23(28)19-22)21-13-15-24(16-14-21)29-18-17-27(2)3;/h3-5,10,13,15,17,22,29,31,33,35-36H,6-9,28H2,1-2H3;5-16,19,28H,4,17-18H2,1-3H3;1H/b;26-25+;/t10?,13?,15-,17?,22?,27-;;/m0../s1. The number of aliphatic hydroxyl groups is 3. The van der Waals surface area contributed by atoms with Gasteiger partial charge in [-0.15, -0.1) is 12.4 Å². The average Bonchev–Trinajstić information content (AvgIpc) is 3.32. The molecule has 16 heteroatoms. The van der Waals surface area contributed by atoms with Crippen molar-refractivity contribution in [2.75, 3.05) is 41.0 Å². The Morgan fingerprint density at radius 1 is 0.870 bits per heavy atom. The fourth-order valence-corrected chi connectivity index (χ4v) is 9.16. The molecule has 5 aromatic carbocycles. The number of allylic oxidation sites excluding steroid dienone is 1. The summed E-state index contributed by atoms with van der Waals surface area (Å²) in [4.78, 5) is 41.8. The van der Waals surface area contributed by atoms with Gasteiger partial charge >= 0.3 is 0 Å². The van der Waals surface area contributed by atoms with Gasteiger partial charge in [-0.05, 0) is 85.6 Å². The van der Waals surface area contributed by atoms with Crippen LogP contribution in [0.3, 0.4) is 0 Å². The Morgan fingerprint density at radius 2 is 1.54 bits per heavy atom. The molecule has 0 amide bonds. The lowest BCUT2D eigenvalue weighted by molar-refractivity contribution is -0.247. The summed E-state index contributed by atoms with van der Waals surface area (Å²) in [5, 5.41) is 63.8. The number of hydrogen-bond donors (Lipinski definition) is 7. The van der Waals surface area contributed by atoms with Gasteiger partial charge in [0, 0.05) is 48.5 Å². The van der Waals surface area contributed by atoms with Crippen LogP contribution in [0, 0.1) is 0 Å². The molecule has 5 aromatic rings. The molecule has 1 aliphatic heterocycles. The molecule has 69 heavy (non-hydrogen) atoms. The van der Waals surface area contributed by atoms with Crippen molar-refractivity contribution >= 4 is 40.9 Å². The summed E-state index contributed by atoms with van der Waals surface area (Å²) in [6, 6.07) is 29.8. The van der Waals surface area contributed by atoms with E-state index >= 15 is 0 Å². The van der Waals surface area contributed by atoms with Gasteiger partial charge in [-0.1, -0.05) is 73.7 Å². The zero-order chi connectivity index (χ0) is 49.0. The van der Waals surface area contributed by atoms with Crippen LogP contribution in [0.4, 0.5) is 0 Å². The normalized spacial score (nSPS) is 21.9. The molecule has 1 heterocycles. The third-order valence-corrected chi connectivity index (χ3v) is 12.7. The lowest BCUT2D eigenvalue weighted by Crippen LogP contribution is -2.53. The number of carbonyl (C=O) groups is 3. The van der Waals surface area contributed by atoms with Crippen LogP contribution < -0.4 is 15.2 Å². The molecule has 1 saturated heterocycles. The Hall–Kier alpha value is -6.14. The fourth-order valence-electron chi connectivity index (χ4n) is 9.16. The second-order valence-electron chi connectivity index (χ2n) is 17.5. The van der Waals surface area contributed by atoms with Gasteiger partial charge in [-0.2, -0.15) is 0 Å². The minimum Gasteiger partial charge on any atom is -0.508 e. The summed E-state index contributed by atoms with van der Waals surface area (Å²) in [5.74, 6) is -2.64. The Morgan fingerprint density at radius 3 is 2.16 bits per heavy atom. The maximum atomic E-state index is 13.6. The van der Waals surface area contributed by atoms with Crippen LogP contribution in [0.1, 0.15) is 98.9 Å². The molecule has 366 valence electrons. The molecule has 1 fully saturated rings. The predicted molar refractivity (Wildman–Crippen MR) is 260 cm³/mol. The highest BCUT2D eigenvalue weighted by Crippen LogP contribution is 2.52. The van der Waals surface area contributed by atoms with E-state index in [1.54, 1.807) is 13.0 Å². The molecule has 0 spiro atoms. The van der Waals surface area contributed by atoms with Gasteiger partial charge < -0.3 is 60.2 Å². The lowest BCUT2D eigenvalue weighted by Gasteiger charge is -2.42. The van der Waals surface area contributed by atoms with Crippen LogP contribution in [0.5, 0.6) is 28.7 Å². The van der Waals surface area contributed by atoms with Crippen molar-refractivity contribution in [1.29, 1.82) is 0 Å². The molecule has 4 unspecified atom stereocenters. The Balaban J connectivity index is 0.000000233. The van der Waals surface area contributed by atoms with Crippen LogP contribution in [0.25, 0.3) is 11.1 Å². The monoisotopic (exact) mass is 966 g/mol. The van der Waals surface area contributed by atoms with Gasteiger partial charge in [0.25, 0.3) is 0 Å². The number of halogens is 1. The molecule has 6 atom stereocenters.